The third-order valence-corrected chi connectivity index (χ3v) is 2.73. The third kappa shape index (κ3) is 1.84. The zero-order chi connectivity index (χ0) is 13.3. The number of fused-ring (bicyclic) bond motifs is 1. The molecule has 1 aromatic carbocycles. The van der Waals surface area contributed by atoms with E-state index in [2.05, 4.69) is 9.72 Å². The van der Waals surface area contributed by atoms with E-state index in [0.717, 1.165) is 5.56 Å². The molecule has 1 aromatic heterocycles. The summed E-state index contributed by atoms with van der Waals surface area (Å²) in [7, 11) is 2.73. The summed E-state index contributed by atoms with van der Waals surface area (Å²) in [4.78, 5) is 26.0. The van der Waals surface area contributed by atoms with E-state index in [9.17, 15) is 9.59 Å². The first-order valence-electron chi connectivity index (χ1n) is 5.37. The van der Waals surface area contributed by atoms with Gasteiger partial charge in [0.15, 0.2) is 0 Å². The highest BCUT2D eigenvalue weighted by Crippen LogP contribution is 2.29. The highest BCUT2D eigenvalue weighted by atomic mass is 16.5. The van der Waals surface area contributed by atoms with Gasteiger partial charge in [-0.15, -0.1) is 0 Å². The number of hydrogen-bond donors (Lipinski definition) is 1. The van der Waals surface area contributed by atoms with E-state index in [1.54, 1.807) is 7.11 Å². The molecule has 0 aliphatic rings. The van der Waals surface area contributed by atoms with Crippen molar-refractivity contribution in [2.75, 3.05) is 14.2 Å². The molecular formula is C13H13NO4. The number of aromatic amines is 1. The number of aryl methyl sites for hydroxylation is 1. The third-order valence-electron chi connectivity index (χ3n) is 2.73. The zero-order valence-corrected chi connectivity index (χ0v) is 10.4. The van der Waals surface area contributed by atoms with Crippen molar-refractivity contribution in [2.45, 2.75) is 6.92 Å². The normalized spacial score (nSPS) is 10.4. The number of nitrogens with one attached hydrogen (secondary N) is 1. The first kappa shape index (κ1) is 12.2. The molecule has 0 saturated heterocycles. The minimum atomic E-state index is -0.878. The number of methoxy groups -OCH3 is 2. The average molecular weight is 247 g/mol. The summed E-state index contributed by atoms with van der Waals surface area (Å²) >= 11 is 0. The van der Waals surface area contributed by atoms with Gasteiger partial charge in [-0.25, -0.2) is 4.79 Å². The Morgan fingerprint density at radius 3 is 2.56 bits per heavy atom. The topological polar surface area (TPSA) is 68.4 Å². The van der Waals surface area contributed by atoms with Crippen LogP contribution in [0.15, 0.2) is 18.3 Å². The van der Waals surface area contributed by atoms with Crippen molar-refractivity contribution in [1.29, 1.82) is 0 Å². The maximum absolute atomic E-state index is 11.8. The van der Waals surface area contributed by atoms with Gasteiger partial charge in [0.25, 0.3) is 5.78 Å². The Bertz CT molecular complexity index is 627. The van der Waals surface area contributed by atoms with E-state index in [1.807, 2.05) is 19.1 Å². The van der Waals surface area contributed by atoms with Crippen LogP contribution in [0.5, 0.6) is 5.75 Å². The maximum atomic E-state index is 11.8. The molecule has 5 nitrogen and oxygen atoms in total. The van der Waals surface area contributed by atoms with Gasteiger partial charge in [0, 0.05) is 11.6 Å². The van der Waals surface area contributed by atoms with Crippen LogP contribution in [0, 0.1) is 6.92 Å². The van der Waals surface area contributed by atoms with Gasteiger partial charge < -0.3 is 14.5 Å². The Kier molecular flexibility index (Phi) is 3.06. The van der Waals surface area contributed by atoms with E-state index < -0.39 is 11.8 Å². The van der Waals surface area contributed by atoms with Crippen LogP contribution in [0.4, 0.5) is 0 Å². The van der Waals surface area contributed by atoms with Gasteiger partial charge in [0.05, 0.1) is 25.3 Å². The Labute approximate surface area is 104 Å². The van der Waals surface area contributed by atoms with Crippen LogP contribution >= 0.6 is 0 Å². The smallest absolute Gasteiger partial charge is 0.379 e. The summed E-state index contributed by atoms with van der Waals surface area (Å²) in [6.07, 6.45) is 1.49. The summed E-state index contributed by atoms with van der Waals surface area (Å²) in [5.74, 6) is -0.915. The molecule has 1 N–H and O–H groups in total. The van der Waals surface area contributed by atoms with Crippen molar-refractivity contribution in [2.24, 2.45) is 0 Å². The summed E-state index contributed by atoms with van der Waals surface area (Å²) in [5, 5.41) is 0.655. The van der Waals surface area contributed by atoms with Crippen LogP contribution in [0.2, 0.25) is 0 Å². The molecule has 0 aliphatic carbocycles. The number of ether oxygens (including phenoxy) is 2. The highest BCUT2D eigenvalue weighted by Gasteiger charge is 2.21. The Morgan fingerprint density at radius 1 is 1.22 bits per heavy atom. The number of ketones is 1. The van der Waals surface area contributed by atoms with Gasteiger partial charge in [-0.3, -0.25) is 4.79 Å². The quantitative estimate of drug-likeness (QED) is 0.510. The van der Waals surface area contributed by atoms with E-state index >= 15 is 0 Å². The van der Waals surface area contributed by atoms with Gasteiger partial charge >= 0.3 is 5.97 Å². The minimum absolute atomic E-state index is 0.291. The number of carbonyl (C=O) groups is 2. The molecule has 94 valence electrons. The zero-order valence-electron chi connectivity index (χ0n) is 10.4. The summed E-state index contributed by atoms with van der Waals surface area (Å²) < 4.78 is 9.67. The Balaban J connectivity index is 2.64. The van der Waals surface area contributed by atoms with Crippen LogP contribution in [-0.2, 0) is 9.53 Å². The van der Waals surface area contributed by atoms with E-state index in [0.29, 0.717) is 22.2 Å². The molecule has 0 saturated carbocycles. The standard InChI is InChI=1S/C13H13NO4/c1-7-4-8-9(12(15)13(16)18-3)6-14-11(8)10(5-7)17-2/h4-6,14H,1-3H3. The molecule has 0 aliphatic heterocycles. The molecule has 0 radical (unpaired) electrons. The fourth-order valence-corrected chi connectivity index (χ4v) is 1.89. The molecule has 0 fully saturated rings. The van der Waals surface area contributed by atoms with Crippen LogP contribution < -0.4 is 4.74 Å². The number of rotatable bonds is 3. The lowest BCUT2D eigenvalue weighted by Gasteiger charge is -2.04. The average Bonchev–Trinajstić information content (AvgIpc) is 2.79. The maximum Gasteiger partial charge on any atom is 0.379 e. The lowest BCUT2D eigenvalue weighted by molar-refractivity contribution is -0.135. The number of esters is 1. The van der Waals surface area contributed by atoms with Crippen molar-refractivity contribution < 1.29 is 19.1 Å². The second-order valence-electron chi connectivity index (χ2n) is 3.91. The molecule has 0 spiro atoms. The van der Waals surface area contributed by atoms with Crippen molar-refractivity contribution in [3.05, 3.63) is 29.5 Å². The van der Waals surface area contributed by atoms with Gasteiger partial charge in [-0.05, 0) is 24.6 Å². The molecule has 0 amide bonds. The van der Waals surface area contributed by atoms with Gasteiger partial charge in [-0.2, -0.15) is 0 Å². The lowest BCUT2D eigenvalue weighted by Crippen LogP contribution is -2.15. The largest absolute Gasteiger partial charge is 0.495 e. The van der Waals surface area contributed by atoms with Crippen molar-refractivity contribution in [1.82, 2.24) is 4.98 Å². The number of Topliss-reactive ketones (excluding diaryl/α,β-unsaturated/α-hetero) is 1. The molecule has 2 aromatic rings. The number of carbonyl (C=O) groups excluding carboxylic acids is 2. The Hall–Kier alpha value is -2.30. The predicted molar refractivity (Wildman–Crippen MR) is 65.9 cm³/mol. The monoisotopic (exact) mass is 247 g/mol. The minimum Gasteiger partial charge on any atom is -0.495 e. The first-order valence-corrected chi connectivity index (χ1v) is 5.37. The molecule has 0 unspecified atom stereocenters. The van der Waals surface area contributed by atoms with Gasteiger partial charge in [0.1, 0.15) is 5.75 Å². The first-order chi connectivity index (χ1) is 8.58. The molecule has 1 heterocycles. The van der Waals surface area contributed by atoms with Gasteiger partial charge in [-0.1, -0.05) is 0 Å². The van der Waals surface area contributed by atoms with Crippen LogP contribution in [0.1, 0.15) is 15.9 Å². The van der Waals surface area contributed by atoms with Crippen LogP contribution in [0.25, 0.3) is 10.9 Å². The van der Waals surface area contributed by atoms with Crippen molar-refractivity contribution >= 4 is 22.7 Å². The van der Waals surface area contributed by atoms with Crippen LogP contribution in [-0.4, -0.2) is 31.0 Å². The molecule has 5 heteroatoms. The van der Waals surface area contributed by atoms with Crippen molar-refractivity contribution in [3.8, 4) is 5.75 Å². The molecule has 0 bridgehead atoms. The molecule has 18 heavy (non-hydrogen) atoms. The van der Waals surface area contributed by atoms with E-state index in [1.165, 1.54) is 13.3 Å². The number of hydrogen-bond acceptors (Lipinski definition) is 4. The summed E-state index contributed by atoms with van der Waals surface area (Å²) in [6, 6.07) is 3.68. The second kappa shape index (κ2) is 4.52. The fraction of sp³-hybridized carbons (Fsp3) is 0.231. The Morgan fingerprint density at radius 2 is 1.94 bits per heavy atom. The van der Waals surface area contributed by atoms with E-state index in [-0.39, 0.29) is 0 Å². The van der Waals surface area contributed by atoms with Crippen LogP contribution in [0.3, 0.4) is 0 Å². The fourth-order valence-electron chi connectivity index (χ4n) is 1.89. The predicted octanol–water partition coefficient (Wildman–Crippen LogP) is 1.84. The molecule has 0 atom stereocenters. The second-order valence-corrected chi connectivity index (χ2v) is 3.91. The SMILES string of the molecule is COC(=O)C(=O)c1c[nH]c2c(OC)cc(C)cc12. The lowest BCUT2D eigenvalue weighted by atomic mass is 10.1. The van der Waals surface area contributed by atoms with E-state index in [4.69, 9.17) is 4.74 Å². The summed E-state index contributed by atoms with van der Waals surface area (Å²) in [6.45, 7) is 1.89. The molecular weight excluding hydrogens is 234 g/mol. The van der Waals surface area contributed by atoms with Crippen molar-refractivity contribution in [3.63, 3.8) is 0 Å². The number of benzene rings is 1. The van der Waals surface area contributed by atoms with Gasteiger partial charge in [0.2, 0.25) is 0 Å². The number of H-pyrrole nitrogens is 1. The molecule has 2 rings (SSSR count). The summed E-state index contributed by atoms with van der Waals surface area (Å²) in [5.41, 5.74) is 1.92. The highest BCUT2D eigenvalue weighted by molar-refractivity contribution is 6.43. The number of aromatic nitrogens is 1.